The molecule has 8 nitrogen and oxygen atoms in total. The number of carbonyl (C=O) groups is 3. The number of aromatic nitrogens is 1. The van der Waals surface area contributed by atoms with Crippen LogP contribution in [0, 0.1) is 5.82 Å². The summed E-state index contributed by atoms with van der Waals surface area (Å²) in [5, 5.41) is 5.68. The van der Waals surface area contributed by atoms with Crippen LogP contribution in [0.3, 0.4) is 0 Å². The molecule has 0 bridgehead atoms. The number of amides is 2. The molecule has 4 rings (SSSR count). The number of hydrogen-bond acceptors (Lipinski definition) is 6. The minimum Gasteiger partial charge on any atom is -0.469 e. The van der Waals surface area contributed by atoms with Crippen molar-refractivity contribution in [1.29, 1.82) is 0 Å². The summed E-state index contributed by atoms with van der Waals surface area (Å²) in [7, 11) is 0. The third-order valence-electron chi connectivity index (χ3n) is 6.75. The molecule has 0 fully saturated rings. The largest absolute Gasteiger partial charge is 0.469 e. The predicted octanol–water partition coefficient (Wildman–Crippen LogP) is 5.45. The van der Waals surface area contributed by atoms with Crippen molar-refractivity contribution >= 4 is 17.8 Å². The fourth-order valence-electron chi connectivity index (χ4n) is 4.77. The number of ether oxygens (including phenoxy) is 2. The Morgan fingerprint density at radius 2 is 1.78 bits per heavy atom. The van der Waals surface area contributed by atoms with E-state index in [0.29, 0.717) is 58.7 Å². The molecule has 3 aromatic rings. The molecule has 0 aliphatic carbocycles. The summed E-state index contributed by atoms with van der Waals surface area (Å²) >= 11 is 0. The maximum absolute atomic E-state index is 13.5. The molecule has 2 amide bonds. The van der Waals surface area contributed by atoms with Crippen molar-refractivity contribution in [1.82, 2.24) is 15.6 Å². The second-order valence-corrected chi connectivity index (χ2v) is 9.43. The highest BCUT2D eigenvalue weighted by atomic mass is 19.1. The van der Waals surface area contributed by atoms with Gasteiger partial charge >= 0.3 is 5.97 Å². The third-order valence-corrected chi connectivity index (χ3v) is 6.75. The van der Waals surface area contributed by atoms with Crippen molar-refractivity contribution < 1.29 is 28.2 Å². The molecule has 2 aromatic carbocycles. The van der Waals surface area contributed by atoms with E-state index in [2.05, 4.69) is 23.8 Å². The van der Waals surface area contributed by atoms with Gasteiger partial charge in [-0.2, -0.15) is 0 Å². The van der Waals surface area contributed by atoms with Crippen LogP contribution in [-0.2, 0) is 22.3 Å². The van der Waals surface area contributed by atoms with E-state index in [0.717, 1.165) is 5.56 Å². The molecule has 0 spiro atoms. The van der Waals surface area contributed by atoms with Crippen LogP contribution in [0.15, 0.2) is 73.7 Å². The van der Waals surface area contributed by atoms with Crippen molar-refractivity contribution in [2.24, 2.45) is 0 Å². The Balaban J connectivity index is 1.79. The van der Waals surface area contributed by atoms with Gasteiger partial charge in [0.1, 0.15) is 11.6 Å². The summed E-state index contributed by atoms with van der Waals surface area (Å²) in [6, 6.07) is 12.5. The Hall–Kier alpha value is -4.79. The van der Waals surface area contributed by atoms with Gasteiger partial charge in [-0.1, -0.05) is 44.3 Å². The molecule has 1 atom stereocenters. The Kier molecular flexibility index (Phi) is 9.29. The number of nitrogens with one attached hydrogen (secondary N) is 2. The molecule has 9 heteroatoms. The lowest BCUT2D eigenvalue weighted by Gasteiger charge is -2.18. The van der Waals surface area contributed by atoms with Crippen LogP contribution in [0.5, 0.6) is 0 Å². The number of pyridine rings is 1. The van der Waals surface area contributed by atoms with E-state index >= 15 is 0 Å². The maximum Gasteiger partial charge on any atom is 0.340 e. The molecular weight excluding hydrogens is 525 g/mol. The normalized spacial score (nSPS) is 13.6. The van der Waals surface area contributed by atoms with Crippen molar-refractivity contribution in [3.8, 4) is 11.1 Å². The minimum atomic E-state index is -0.595. The number of nitrogens with zero attached hydrogens (tertiary/aromatic N) is 1. The van der Waals surface area contributed by atoms with Gasteiger partial charge in [0.15, 0.2) is 0 Å². The first-order valence-electron chi connectivity index (χ1n) is 13.4. The van der Waals surface area contributed by atoms with Crippen LogP contribution in [0.25, 0.3) is 11.1 Å². The summed E-state index contributed by atoms with van der Waals surface area (Å²) in [4.78, 5) is 44.2. The lowest BCUT2D eigenvalue weighted by atomic mass is 9.89. The van der Waals surface area contributed by atoms with Crippen LogP contribution in [0.4, 0.5) is 4.39 Å². The number of benzene rings is 2. The van der Waals surface area contributed by atoms with E-state index in [1.54, 1.807) is 43.3 Å². The Bertz CT molecular complexity index is 1480. The van der Waals surface area contributed by atoms with Crippen LogP contribution >= 0.6 is 0 Å². The smallest absolute Gasteiger partial charge is 0.340 e. The van der Waals surface area contributed by atoms with Gasteiger partial charge in [-0.25, -0.2) is 9.18 Å². The molecule has 1 aliphatic heterocycles. The fraction of sp³-hybridized carbons (Fsp3) is 0.250. The van der Waals surface area contributed by atoms with Gasteiger partial charge in [-0.15, -0.1) is 0 Å². The predicted molar refractivity (Wildman–Crippen MR) is 153 cm³/mol. The van der Waals surface area contributed by atoms with Crippen LogP contribution in [0.1, 0.15) is 74.3 Å². The molecule has 41 heavy (non-hydrogen) atoms. The summed E-state index contributed by atoms with van der Waals surface area (Å²) in [5.74, 6) is -1.27. The molecule has 2 heterocycles. The zero-order valence-corrected chi connectivity index (χ0v) is 23.1. The van der Waals surface area contributed by atoms with Gasteiger partial charge in [-0.05, 0) is 61.6 Å². The number of carbonyl (C=O) groups excluding carboxylic acids is 3. The number of rotatable bonds is 12. The molecule has 0 saturated heterocycles. The summed E-state index contributed by atoms with van der Waals surface area (Å²) in [6.45, 7) is 11.0. The third kappa shape index (κ3) is 6.51. The van der Waals surface area contributed by atoms with Gasteiger partial charge < -0.3 is 20.1 Å². The SMILES string of the molecule is C=COC(=C)CNC(=O)c1ccc(-c2c(C(=O)OCC)c(CCc3ccc(F)cc3)nc3c2C(=O)NC3CC)cc1. The standard InChI is InChI=1S/C32H32FN3O5/c1-5-24-29-28(31(38)36-24)26(21-11-13-22(14-12-21)30(37)34-18-19(4)40-6-2)27(32(39)41-7-3)25(35-29)17-10-20-8-15-23(33)16-9-20/h6,8-9,11-16,24H,2,4-5,7,10,17-18H2,1,3H3,(H,34,37)(H,36,38). The second kappa shape index (κ2) is 13.0. The van der Waals surface area contributed by atoms with Crippen LogP contribution in [-0.4, -0.2) is 35.9 Å². The first-order chi connectivity index (χ1) is 19.8. The van der Waals surface area contributed by atoms with Gasteiger partial charge in [0.25, 0.3) is 11.8 Å². The number of esters is 1. The summed E-state index contributed by atoms with van der Waals surface area (Å²) in [5.41, 5.74) is 3.80. The topological polar surface area (TPSA) is 107 Å². The zero-order chi connectivity index (χ0) is 29.5. The minimum absolute atomic E-state index is 0.105. The first-order valence-corrected chi connectivity index (χ1v) is 13.4. The van der Waals surface area contributed by atoms with E-state index in [9.17, 15) is 18.8 Å². The molecule has 0 saturated carbocycles. The fourth-order valence-corrected chi connectivity index (χ4v) is 4.77. The average Bonchev–Trinajstić information content (AvgIpc) is 3.30. The van der Waals surface area contributed by atoms with E-state index < -0.39 is 5.97 Å². The van der Waals surface area contributed by atoms with Gasteiger partial charge in [0.05, 0.1) is 48.0 Å². The van der Waals surface area contributed by atoms with E-state index in [-0.39, 0.29) is 42.4 Å². The number of halogens is 1. The highest BCUT2D eigenvalue weighted by molar-refractivity contribution is 6.10. The summed E-state index contributed by atoms with van der Waals surface area (Å²) < 4.78 is 23.9. The number of aryl methyl sites for hydroxylation is 2. The quantitative estimate of drug-likeness (QED) is 0.227. The van der Waals surface area contributed by atoms with Crippen molar-refractivity contribution in [2.45, 2.75) is 39.2 Å². The van der Waals surface area contributed by atoms with E-state index in [4.69, 9.17) is 14.5 Å². The average molecular weight is 558 g/mol. The monoisotopic (exact) mass is 557 g/mol. The van der Waals surface area contributed by atoms with Gasteiger partial charge in [0, 0.05) is 11.1 Å². The molecule has 212 valence electrons. The van der Waals surface area contributed by atoms with E-state index in [1.165, 1.54) is 18.4 Å². The van der Waals surface area contributed by atoms with E-state index in [1.807, 2.05) is 6.92 Å². The molecule has 1 unspecified atom stereocenters. The molecule has 1 aromatic heterocycles. The highest BCUT2D eigenvalue weighted by Gasteiger charge is 2.36. The number of fused-ring (bicyclic) bond motifs is 1. The molecular formula is C32H32FN3O5. The van der Waals surface area contributed by atoms with Crippen LogP contribution in [0.2, 0.25) is 0 Å². The van der Waals surface area contributed by atoms with Crippen molar-refractivity contribution in [3.63, 3.8) is 0 Å². The zero-order valence-electron chi connectivity index (χ0n) is 23.1. The number of hydrogen-bond donors (Lipinski definition) is 2. The molecule has 2 N–H and O–H groups in total. The Labute approximate surface area is 238 Å². The van der Waals surface area contributed by atoms with Crippen molar-refractivity contribution in [2.75, 3.05) is 13.2 Å². The van der Waals surface area contributed by atoms with Gasteiger partial charge in [0.2, 0.25) is 0 Å². The molecule has 0 radical (unpaired) electrons. The van der Waals surface area contributed by atoms with Crippen LogP contribution < -0.4 is 10.6 Å². The summed E-state index contributed by atoms with van der Waals surface area (Å²) in [6.07, 6.45) is 2.70. The lowest BCUT2D eigenvalue weighted by molar-refractivity contribution is 0.0525. The highest BCUT2D eigenvalue weighted by Crippen LogP contribution is 2.38. The maximum atomic E-state index is 13.5. The lowest BCUT2D eigenvalue weighted by Crippen LogP contribution is -2.25. The molecule has 1 aliphatic rings. The Morgan fingerprint density at radius 1 is 1.07 bits per heavy atom. The first kappa shape index (κ1) is 29.2. The second-order valence-electron chi connectivity index (χ2n) is 9.43. The van der Waals surface area contributed by atoms with Crippen molar-refractivity contribution in [3.05, 3.63) is 113 Å². The van der Waals surface area contributed by atoms with Gasteiger partial charge in [-0.3, -0.25) is 14.6 Å². The Morgan fingerprint density at radius 3 is 2.41 bits per heavy atom.